The van der Waals surface area contributed by atoms with Crippen LogP contribution in [-0.2, 0) is 14.1 Å². The molecule has 3 heterocycles. The quantitative estimate of drug-likeness (QED) is 0.537. The standard InChI is InChI=1S/C22H26B2N3O3/c1-21(2)22(3,4)30-24(29-21)15-8-9-16-14(12-15)7-10-17-19(16)26-20(25-17)18-6-5-11-27(18)23-13-28/h7-10,12-13,18H,5-6,11H2,1-4H3,(H,25,26)/t18-/m0/s1. The number of aromatic amines is 1. The molecule has 6 nitrogen and oxygen atoms in total. The fourth-order valence-corrected chi connectivity index (χ4v) is 4.46. The summed E-state index contributed by atoms with van der Waals surface area (Å²) in [6.07, 6.45) is 2.91. The van der Waals surface area contributed by atoms with Crippen LogP contribution in [0.3, 0.4) is 0 Å². The van der Waals surface area contributed by atoms with E-state index in [2.05, 4.69) is 67.8 Å². The van der Waals surface area contributed by atoms with Gasteiger partial charge in [0.2, 0.25) is 0 Å². The molecule has 3 aromatic rings. The minimum absolute atomic E-state index is 0.127. The molecule has 5 rings (SSSR count). The van der Waals surface area contributed by atoms with Crippen LogP contribution in [0.15, 0.2) is 30.3 Å². The Morgan fingerprint density at radius 2 is 1.97 bits per heavy atom. The van der Waals surface area contributed by atoms with Gasteiger partial charge in [-0.3, -0.25) is 0 Å². The highest BCUT2D eigenvalue weighted by atomic mass is 16.7. The number of H-pyrrole nitrogens is 1. The van der Waals surface area contributed by atoms with Crippen LogP contribution in [0.1, 0.15) is 52.4 Å². The van der Waals surface area contributed by atoms with Crippen molar-refractivity contribution in [2.24, 2.45) is 0 Å². The molecule has 2 aliphatic heterocycles. The van der Waals surface area contributed by atoms with Gasteiger partial charge in [0.1, 0.15) is 5.82 Å². The van der Waals surface area contributed by atoms with E-state index in [4.69, 9.17) is 14.3 Å². The van der Waals surface area contributed by atoms with Crippen LogP contribution in [-0.4, -0.2) is 53.2 Å². The van der Waals surface area contributed by atoms with Crippen molar-refractivity contribution in [1.29, 1.82) is 0 Å². The number of aromatic nitrogens is 2. The molecule has 2 saturated heterocycles. The number of nitrogens with zero attached hydrogens (tertiary/aromatic N) is 2. The number of carbonyl (C=O) groups excluding carboxylic acids is 1. The second-order valence-corrected chi connectivity index (χ2v) is 9.33. The number of rotatable bonds is 4. The Morgan fingerprint density at radius 3 is 2.70 bits per heavy atom. The van der Waals surface area contributed by atoms with E-state index in [1.165, 1.54) is 0 Å². The van der Waals surface area contributed by atoms with Crippen molar-refractivity contribution in [1.82, 2.24) is 14.8 Å². The SMILES string of the molecule is CC1(C)OB(c2ccc3c(ccc4[nH]c([C@@H]5CCCN5[B]C=O)nc43)c2)OC1(C)C. The number of imidazole rings is 1. The summed E-state index contributed by atoms with van der Waals surface area (Å²) in [4.78, 5) is 21.4. The minimum Gasteiger partial charge on any atom is -0.399 e. The first-order valence-corrected chi connectivity index (χ1v) is 10.6. The molecular weight excluding hydrogens is 376 g/mol. The predicted molar refractivity (Wildman–Crippen MR) is 121 cm³/mol. The van der Waals surface area contributed by atoms with Gasteiger partial charge in [-0.05, 0) is 64.0 Å². The number of benzene rings is 2. The van der Waals surface area contributed by atoms with Crippen molar-refractivity contribution in [2.45, 2.75) is 57.8 Å². The van der Waals surface area contributed by atoms with Crippen molar-refractivity contribution < 1.29 is 14.1 Å². The third-order valence-corrected chi connectivity index (χ3v) is 6.90. The lowest BCUT2D eigenvalue weighted by molar-refractivity contribution is 0.00578. The molecule has 1 atom stereocenters. The summed E-state index contributed by atoms with van der Waals surface area (Å²) in [5.41, 5.74) is 2.26. The zero-order valence-electron chi connectivity index (χ0n) is 17.9. The van der Waals surface area contributed by atoms with Crippen molar-refractivity contribution >= 4 is 48.0 Å². The summed E-state index contributed by atoms with van der Waals surface area (Å²) in [6.45, 7) is 9.15. The summed E-state index contributed by atoms with van der Waals surface area (Å²) in [7, 11) is 1.25. The van der Waals surface area contributed by atoms with Crippen LogP contribution >= 0.6 is 0 Å². The monoisotopic (exact) mass is 402 g/mol. The first kappa shape index (κ1) is 19.8. The highest BCUT2D eigenvalue weighted by Gasteiger charge is 2.51. The topological polar surface area (TPSA) is 67.5 Å². The van der Waals surface area contributed by atoms with Gasteiger partial charge >= 0.3 is 7.12 Å². The Balaban J connectivity index is 1.51. The maximum atomic E-state index is 11.0. The zero-order valence-corrected chi connectivity index (χ0v) is 17.9. The molecule has 0 unspecified atom stereocenters. The Bertz CT molecular complexity index is 1110. The first-order valence-electron chi connectivity index (χ1n) is 10.6. The third-order valence-electron chi connectivity index (χ3n) is 6.90. The van der Waals surface area contributed by atoms with E-state index in [1.54, 1.807) is 7.41 Å². The van der Waals surface area contributed by atoms with Crippen LogP contribution in [0, 0.1) is 0 Å². The van der Waals surface area contributed by atoms with Crippen molar-refractivity contribution in [3.8, 4) is 0 Å². The van der Waals surface area contributed by atoms with E-state index in [1.807, 2.05) is 0 Å². The average molecular weight is 402 g/mol. The Labute approximate surface area is 177 Å². The highest BCUT2D eigenvalue weighted by Crippen LogP contribution is 2.37. The molecule has 8 heteroatoms. The molecule has 30 heavy (non-hydrogen) atoms. The largest absolute Gasteiger partial charge is 0.494 e. The number of hydrogen-bond acceptors (Lipinski definition) is 5. The fourth-order valence-electron chi connectivity index (χ4n) is 4.46. The molecule has 1 N–H and O–H groups in total. The van der Waals surface area contributed by atoms with Crippen LogP contribution in [0.25, 0.3) is 21.8 Å². The predicted octanol–water partition coefficient (Wildman–Crippen LogP) is 2.96. The van der Waals surface area contributed by atoms with E-state index < -0.39 is 0 Å². The maximum absolute atomic E-state index is 11.0. The molecule has 0 aliphatic carbocycles. The van der Waals surface area contributed by atoms with Gasteiger partial charge in [-0.1, -0.05) is 24.3 Å². The molecule has 0 bridgehead atoms. The lowest BCUT2D eigenvalue weighted by Gasteiger charge is -2.32. The van der Waals surface area contributed by atoms with Gasteiger partial charge in [-0.25, -0.2) is 4.98 Å². The van der Waals surface area contributed by atoms with Gasteiger partial charge in [0.25, 0.3) is 7.41 Å². The van der Waals surface area contributed by atoms with E-state index >= 15 is 0 Å². The highest BCUT2D eigenvalue weighted by molar-refractivity contribution is 6.64. The van der Waals surface area contributed by atoms with Gasteiger partial charge < -0.3 is 23.9 Å². The van der Waals surface area contributed by atoms with Crippen LogP contribution in [0.2, 0.25) is 0 Å². The Morgan fingerprint density at radius 1 is 1.20 bits per heavy atom. The van der Waals surface area contributed by atoms with Crippen LogP contribution in [0.4, 0.5) is 0 Å². The molecule has 0 saturated carbocycles. The van der Waals surface area contributed by atoms with E-state index in [0.717, 1.165) is 58.7 Å². The van der Waals surface area contributed by atoms with Crippen molar-refractivity contribution in [3.63, 3.8) is 0 Å². The van der Waals surface area contributed by atoms with Gasteiger partial charge in [0.15, 0.2) is 0 Å². The maximum Gasteiger partial charge on any atom is 0.494 e. The van der Waals surface area contributed by atoms with E-state index in [-0.39, 0.29) is 24.4 Å². The summed E-state index contributed by atoms with van der Waals surface area (Å²) in [5, 5.41) is 2.20. The summed E-state index contributed by atoms with van der Waals surface area (Å²) >= 11 is 0. The van der Waals surface area contributed by atoms with Gasteiger partial charge in [-0.2, -0.15) is 0 Å². The third kappa shape index (κ3) is 3.09. The van der Waals surface area contributed by atoms with E-state index in [9.17, 15) is 4.79 Å². The van der Waals surface area contributed by atoms with Crippen molar-refractivity contribution in [3.05, 3.63) is 36.2 Å². The van der Waals surface area contributed by atoms with Crippen LogP contribution < -0.4 is 5.46 Å². The fraction of sp³-hybridized carbons (Fsp3) is 0.455. The first-order chi connectivity index (χ1) is 14.3. The van der Waals surface area contributed by atoms with Gasteiger partial charge in [-0.15, -0.1) is 0 Å². The number of nitrogens with one attached hydrogen (secondary N) is 1. The molecule has 2 aliphatic rings. The summed E-state index contributed by atoms with van der Waals surface area (Å²) in [6, 6.07) is 10.6. The lowest BCUT2D eigenvalue weighted by atomic mass is 9.78. The van der Waals surface area contributed by atoms with Gasteiger partial charge in [0.05, 0.1) is 34.5 Å². The Hall–Kier alpha value is -2.15. The molecule has 2 fully saturated rings. The van der Waals surface area contributed by atoms with Gasteiger partial charge in [0, 0.05) is 5.39 Å². The molecule has 0 amide bonds. The lowest BCUT2D eigenvalue weighted by Crippen LogP contribution is -2.41. The molecular formula is C22H26B2N3O3. The molecule has 2 aromatic carbocycles. The summed E-state index contributed by atoms with van der Waals surface area (Å²) in [5.74, 6) is 0.920. The van der Waals surface area contributed by atoms with Crippen molar-refractivity contribution in [2.75, 3.05) is 6.54 Å². The molecule has 1 aromatic heterocycles. The van der Waals surface area contributed by atoms with Crippen LogP contribution in [0.5, 0.6) is 0 Å². The second-order valence-electron chi connectivity index (χ2n) is 9.33. The molecule has 0 spiro atoms. The number of fused-ring (bicyclic) bond motifs is 3. The normalized spacial score (nSPS) is 23.5. The number of hydrogen-bond donors (Lipinski definition) is 1. The smallest absolute Gasteiger partial charge is 0.399 e. The second kappa shape index (κ2) is 6.94. The minimum atomic E-state index is -0.379. The summed E-state index contributed by atoms with van der Waals surface area (Å²) < 4.78 is 12.4. The average Bonchev–Trinajstić information content (AvgIpc) is 3.37. The Kier molecular flexibility index (Phi) is 4.58. The zero-order chi connectivity index (χ0) is 21.1. The molecule has 1 radical (unpaired) electrons. The molecule has 153 valence electrons. The van der Waals surface area contributed by atoms with E-state index in [0.29, 0.717) is 0 Å². The number of carbonyl (C=O) groups is 1.